The van der Waals surface area contributed by atoms with E-state index < -0.39 is 22.0 Å². The molecule has 0 spiro atoms. The van der Waals surface area contributed by atoms with E-state index in [2.05, 4.69) is 14.8 Å². The maximum Gasteiger partial charge on any atom is 0.354 e. The molecule has 0 bridgehead atoms. The van der Waals surface area contributed by atoms with Gasteiger partial charge < -0.3 is 14.8 Å². The Morgan fingerprint density at radius 1 is 1.17 bits per heavy atom. The number of benzene rings is 1. The lowest BCUT2D eigenvalue weighted by Crippen LogP contribution is -2.24. The third-order valence-corrected chi connectivity index (χ3v) is 5.27. The largest absolute Gasteiger partial charge is 0.466 e. The van der Waals surface area contributed by atoms with Gasteiger partial charge in [0.1, 0.15) is 5.70 Å². The molecule has 1 aliphatic rings. The first-order chi connectivity index (χ1) is 11.4. The number of methoxy groups -OCH3 is 2. The highest BCUT2D eigenvalue weighted by molar-refractivity contribution is 7.93. The Balaban J connectivity index is 2.19. The topological polar surface area (TPSA) is 102 Å². The van der Waals surface area contributed by atoms with Crippen LogP contribution in [0.1, 0.15) is 6.42 Å². The van der Waals surface area contributed by atoms with Crippen LogP contribution >= 0.6 is 0 Å². The molecule has 24 heavy (non-hydrogen) atoms. The number of esters is 2. The summed E-state index contributed by atoms with van der Waals surface area (Å²) in [5, 5.41) is 2.75. The Bertz CT molecular complexity index is 755. The summed E-state index contributed by atoms with van der Waals surface area (Å²) in [5.41, 5.74) is 0.955. The molecule has 0 saturated carbocycles. The standard InChI is InChI=1S/C15H18N2O6S/c1-22-14(18)10-13(15(19)23-2)16-11-4-6-12(7-5-11)17-8-3-9-24(17,20)21/h4-7,10,16H,3,8-9H2,1-2H3/b13-10+. The van der Waals surface area contributed by atoms with Gasteiger partial charge in [0.15, 0.2) is 0 Å². The van der Waals surface area contributed by atoms with Crippen LogP contribution in [0.25, 0.3) is 0 Å². The van der Waals surface area contributed by atoms with Crippen LogP contribution < -0.4 is 9.62 Å². The van der Waals surface area contributed by atoms with E-state index >= 15 is 0 Å². The zero-order chi connectivity index (χ0) is 17.7. The summed E-state index contributed by atoms with van der Waals surface area (Å²) in [6, 6.07) is 6.46. The van der Waals surface area contributed by atoms with E-state index in [-0.39, 0.29) is 11.4 Å². The molecule has 1 heterocycles. The van der Waals surface area contributed by atoms with Crippen molar-refractivity contribution < 1.29 is 27.5 Å². The zero-order valence-electron chi connectivity index (χ0n) is 13.3. The molecule has 0 aliphatic carbocycles. The van der Waals surface area contributed by atoms with Gasteiger partial charge in [-0.1, -0.05) is 0 Å². The molecular formula is C15H18N2O6S. The molecule has 1 aromatic rings. The average Bonchev–Trinajstić information content (AvgIpc) is 2.93. The van der Waals surface area contributed by atoms with Crippen LogP contribution in [-0.4, -0.2) is 46.9 Å². The number of rotatable bonds is 5. The van der Waals surface area contributed by atoms with Crippen LogP contribution in [0.2, 0.25) is 0 Å². The predicted molar refractivity (Wildman–Crippen MR) is 87.9 cm³/mol. The van der Waals surface area contributed by atoms with Gasteiger partial charge in [0.2, 0.25) is 10.0 Å². The number of hydrogen-bond acceptors (Lipinski definition) is 7. The number of sulfonamides is 1. The minimum Gasteiger partial charge on any atom is -0.466 e. The first kappa shape index (κ1) is 17.8. The first-order valence-corrected chi connectivity index (χ1v) is 8.74. The van der Waals surface area contributed by atoms with Crippen molar-refractivity contribution in [3.05, 3.63) is 36.0 Å². The van der Waals surface area contributed by atoms with Crippen LogP contribution in [0, 0.1) is 0 Å². The number of ether oxygens (including phenoxy) is 2. The van der Waals surface area contributed by atoms with E-state index in [1.165, 1.54) is 18.5 Å². The molecule has 0 aromatic heterocycles. The van der Waals surface area contributed by atoms with Crippen molar-refractivity contribution in [3.63, 3.8) is 0 Å². The molecule has 1 aromatic carbocycles. The summed E-state index contributed by atoms with van der Waals surface area (Å²) in [7, 11) is -0.862. The molecule has 0 unspecified atom stereocenters. The smallest absolute Gasteiger partial charge is 0.354 e. The van der Waals surface area contributed by atoms with Gasteiger partial charge in [0.05, 0.1) is 31.7 Å². The highest BCUT2D eigenvalue weighted by atomic mass is 32.2. The molecule has 130 valence electrons. The monoisotopic (exact) mass is 354 g/mol. The fraction of sp³-hybridized carbons (Fsp3) is 0.333. The molecule has 0 radical (unpaired) electrons. The summed E-state index contributed by atoms with van der Waals surface area (Å²) in [6.45, 7) is 0.449. The fourth-order valence-electron chi connectivity index (χ4n) is 2.23. The minimum absolute atomic E-state index is 0.0918. The van der Waals surface area contributed by atoms with Crippen molar-refractivity contribution in [1.29, 1.82) is 0 Å². The second-order valence-corrected chi connectivity index (χ2v) is 7.00. The van der Waals surface area contributed by atoms with E-state index in [0.29, 0.717) is 24.3 Å². The molecule has 8 nitrogen and oxygen atoms in total. The summed E-state index contributed by atoms with van der Waals surface area (Å²) in [5.74, 6) is -1.30. The zero-order valence-corrected chi connectivity index (χ0v) is 14.1. The molecular weight excluding hydrogens is 336 g/mol. The lowest BCUT2D eigenvalue weighted by molar-refractivity contribution is -0.138. The quantitative estimate of drug-likeness (QED) is 0.618. The van der Waals surface area contributed by atoms with Gasteiger partial charge in [-0.25, -0.2) is 18.0 Å². The van der Waals surface area contributed by atoms with Gasteiger partial charge in [0, 0.05) is 12.2 Å². The Morgan fingerprint density at radius 3 is 2.33 bits per heavy atom. The van der Waals surface area contributed by atoms with Gasteiger partial charge in [-0.15, -0.1) is 0 Å². The van der Waals surface area contributed by atoms with Gasteiger partial charge >= 0.3 is 11.9 Å². The van der Waals surface area contributed by atoms with Crippen LogP contribution in [-0.2, 0) is 29.1 Å². The normalized spacial score (nSPS) is 16.6. The number of anilines is 2. The van der Waals surface area contributed by atoms with Crippen molar-refractivity contribution in [3.8, 4) is 0 Å². The third kappa shape index (κ3) is 4.05. The van der Waals surface area contributed by atoms with Crippen LogP contribution in [0.5, 0.6) is 0 Å². The molecule has 2 rings (SSSR count). The number of carbonyl (C=O) groups excluding carboxylic acids is 2. The van der Waals surface area contributed by atoms with Crippen molar-refractivity contribution in [2.75, 3.05) is 36.1 Å². The second-order valence-electron chi connectivity index (χ2n) is 4.99. The van der Waals surface area contributed by atoms with E-state index in [1.54, 1.807) is 24.3 Å². The number of hydrogen-bond donors (Lipinski definition) is 1. The van der Waals surface area contributed by atoms with Crippen molar-refractivity contribution in [2.45, 2.75) is 6.42 Å². The van der Waals surface area contributed by atoms with Crippen molar-refractivity contribution >= 4 is 33.3 Å². The van der Waals surface area contributed by atoms with E-state index in [9.17, 15) is 18.0 Å². The number of nitrogens with one attached hydrogen (secondary N) is 1. The second kappa shape index (κ2) is 7.35. The maximum absolute atomic E-state index is 11.9. The molecule has 1 saturated heterocycles. The molecule has 1 N–H and O–H groups in total. The third-order valence-electron chi connectivity index (χ3n) is 3.40. The first-order valence-electron chi connectivity index (χ1n) is 7.13. The highest BCUT2D eigenvalue weighted by Crippen LogP contribution is 2.25. The van der Waals surface area contributed by atoms with Gasteiger partial charge in [0.25, 0.3) is 0 Å². The Morgan fingerprint density at radius 2 is 1.83 bits per heavy atom. The van der Waals surface area contributed by atoms with Crippen molar-refractivity contribution in [1.82, 2.24) is 0 Å². The van der Waals surface area contributed by atoms with Crippen LogP contribution in [0.4, 0.5) is 11.4 Å². The highest BCUT2D eigenvalue weighted by Gasteiger charge is 2.28. The van der Waals surface area contributed by atoms with E-state index in [0.717, 1.165) is 6.08 Å². The van der Waals surface area contributed by atoms with Crippen molar-refractivity contribution in [2.24, 2.45) is 0 Å². The average molecular weight is 354 g/mol. The Labute approximate surface area is 140 Å². The number of carbonyl (C=O) groups is 2. The van der Waals surface area contributed by atoms with Gasteiger partial charge in [-0.3, -0.25) is 4.31 Å². The summed E-state index contributed by atoms with van der Waals surface area (Å²) in [4.78, 5) is 23.0. The Kier molecular flexibility index (Phi) is 5.45. The van der Waals surface area contributed by atoms with E-state index in [1.807, 2.05) is 0 Å². The molecule has 1 aliphatic heterocycles. The predicted octanol–water partition coefficient (Wildman–Crippen LogP) is 0.868. The molecule has 0 atom stereocenters. The number of nitrogens with zero attached hydrogens (tertiary/aromatic N) is 1. The molecule has 0 amide bonds. The summed E-state index contributed by atoms with van der Waals surface area (Å²) >= 11 is 0. The maximum atomic E-state index is 11.9. The summed E-state index contributed by atoms with van der Waals surface area (Å²) in [6.07, 6.45) is 1.57. The van der Waals surface area contributed by atoms with Gasteiger partial charge in [-0.2, -0.15) is 0 Å². The molecule has 9 heteroatoms. The van der Waals surface area contributed by atoms with Crippen LogP contribution in [0.3, 0.4) is 0 Å². The lowest BCUT2D eigenvalue weighted by atomic mass is 10.2. The lowest BCUT2D eigenvalue weighted by Gasteiger charge is -2.17. The SMILES string of the molecule is COC(=O)/C=C(/Nc1ccc(N2CCCS2(=O)=O)cc1)C(=O)OC. The Hall–Kier alpha value is -2.55. The fourth-order valence-corrected chi connectivity index (χ4v) is 3.79. The summed E-state index contributed by atoms with van der Waals surface area (Å²) < 4.78 is 34.2. The van der Waals surface area contributed by atoms with Gasteiger partial charge in [-0.05, 0) is 30.7 Å². The van der Waals surface area contributed by atoms with Crippen LogP contribution in [0.15, 0.2) is 36.0 Å². The van der Waals surface area contributed by atoms with E-state index in [4.69, 9.17) is 0 Å². The molecule has 1 fully saturated rings. The minimum atomic E-state index is -3.25.